The zero-order valence-electron chi connectivity index (χ0n) is 15.3. The highest BCUT2D eigenvalue weighted by molar-refractivity contribution is 9.10. The highest BCUT2D eigenvalue weighted by Crippen LogP contribution is 2.39. The van der Waals surface area contributed by atoms with Crippen molar-refractivity contribution < 1.29 is 23.8 Å². The van der Waals surface area contributed by atoms with E-state index in [0.29, 0.717) is 39.4 Å². The lowest BCUT2D eigenvalue weighted by Gasteiger charge is -2.29. The van der Waals surface area contributed by atoms with Crippen molar-refractivity contribution in [2.24, 2.45) is 0 Å². The van der Waals surface area contributed by atoms with E-state index in [9.17, 15) is 9.59 Å². The summed E-state index contributed by atoms with van der Waals surface area (Å²) in [6.07, 6.45) is 1.69. The van der Waals surface area contributed by atoms with Crippen molar-refractivity contribution in [1.82, 2.24) is 10.6 Å². The Morgan fingerprint density at radius 3 is 2.54 bits per heavy atom. The van der Waals surface area contributed by atoms with Crippen LogP contribution >= 0.6 is 15.9 Å². The third kappa shape index (κ3) is 4.30. The Labute approximate surface area is 161 Å². The van der Waals surface area contributed by atoms with Crippen LogP contribution in [0.1, 0.15) is 38.3 Å². The lowest BCUT2D eigenvalue weighted by atomic mass is 9.94. The van der Waals surface area contributed by atoms with Gasteiger partial charge in [-0.2, -0.15) is 0 Å². The summed E-state index contributed by atoms with van der Waals surface area (Å²) < 4.78 is 16.9. The normalized spacial score (nSPS) is 16.7. The molecule has 1 atom stereocenters. The molecule has 2 amide bonds. The number of halogens is 1. The Bertz CT molecular complexity index is 733. The Morgan fingerprint density at radius 2 is 1.92 bits per heavy atom. The Kier molecular flexibility index (Phi) is 6.90. The van der Waals surface area contributed by atoms with Gasteiger partial charge in [0.2, 0.25) is 0 Å². The molecule has 0 radical (unpaired) electrons. The van der Waals surface area contributed by atoms with Crippen molar-refractivity contribution in [2.45, 2.75) is 32.7 Å². The Morgan fingerprint density at radius 1 is 1.23 bits per heavy atom. The Balaban J connectivity index is 2.49. The standard InChI is InChI=1S/C18H23BrN2O5/c1-5-6-7-26-17(22)15-10(2)20-18(23)21-16(15)11-8-14(25-4)12(19)9-13(11)24-3/h8-9,16H,5-7H2,1-4H3,(H2,20,21,23)/t16-/m1/s1. The summed E-state index contributed by atoms with van der Waals surface area (Å²) in [5.74, 6) is 0.596. The third-order valence-corrected chi connectivity index (χ3v) is 4.65. The molecular weight excluding hydrogens is 404 g/mol. The molecule has 0 unspecified atom stereocenters. The van der Waals surface area contributed by atoms with Gasteiger partial charge in [0.05, 0.1) is 36.9 Å². The molecule has 8 heteroatoms. The van der Waals surface area contributed by atoms with Crippen molar-refractivity contribution in [2.75, 3.05) is 20.8 Å². The second-order valence-electron chi connectivity index (χ2n) is 5.79. The highest BCUT2D eigenvalue weighted by atomic mass is 79.9. The van der Waals surface area contributed by atoms with Gasteiger partial charge in [0.25, 0.3) is 0 Å². The predicted octanol–water partition coefficient (Wildman–Crippen LogP) is 3.44. The van der Waals surface area contributed by atoms with E-state index in [0.717, 1.165) is 12.8 Å². The first kappa shape index (κ1) is 20.1. The molecule has 0 fully saturated rings. The molecule has 142 valence electrons. The maximum Gasteiger partial charge on any atom is 0.338 e. The van der Waals surface area contributed by atoms with Crippen LogP contribution in [0.3, 0.4) is 0 Å². The second kappa shape index (κ2) is 8.93. The average Bonchev–Trinajstić information content (AvgIpc) is 2.60. The topological polar surface area (TPSA) is 85.9 Å². The van der Waals surface area contributed by atoms with E-state index in [1.54, 1.807) is 26.2 Å². The minimum Gasteiger partial charge on any atom is -0.496 e. The molecule has 1 aliphatic heterocycles. The van der Waals surface area contributed by atoms with Crippen LogP contribution in [0.25, 0.3) is 0 Å². The van der Waals surface area contributed by atoms with Crippen LogP contribution < -0.4 is 20.1 Å². The number of ether oxygens (including phenoxy) is 3. The maximum absolute atomic E-state index is 12.6. The van der Waals surface area contributed by atoms with Crippen molar-refractivity contribution in [3.05, 3.63) is 33.4 Å². The number of rotatable bonds is 7. The molecule has 0 saturated heterocycles. The molecular formula is C18H23BrN2O5. The molecule has 2 N–H and O–H groups in total. The van der Waals surface area contributed by atoms with Crippen molar-refractivity contribution in [3.8, 4) is 11.5 Å². The fourth-order valence-electron chi connectivity index (χ4n) is 2.69. The molecule has 1 aliphatic rings. The summed E-state index contributed by atoms with van der Waals surface area (Å²) in [7, 11) is 3.06. The predicted molar refractivity (Wildman–Crippen MR) is 100 cm³/mol. The van der Waals surface area contributed by atoms with Crippen LogP contribution in [0.4, 0.5) is 4.79 Å². The zero-order chi connectivity index (χ0) is 19.3. The quantitative estimate of drug-likeness (QED) is 0.515. The summed E-state index contributed by atoms with van der Waals surface area (Å²) in [5, 5.41) is 5.40. The summed E-state index contributed by atoms with van der Waals surface area (Å²) in [5.41, 5.74) is 1.39. The molecule has 0 spiro atoms. The van der Waals surface area contributed by atoms with E-state index < -0.39 is 18.0 Å². The molecule has 1 aromatic carbocycles. The number of carbonyl (C=O) groups is 2. The number of carbonyl (C=O) groups excluding carboxylic acids is 2. The van der Waals surface area contributed by atoms with Crippen LogP contribution in [-0.4, -0.2) is 32.8 Å². The van der Waals surface area contributed by atoms with E-state index >= 15 is 0 Å². The van der Waals surface area contributed by atoms with Crippen LogP contribution in [0.2, 0.25) is 0 Å². The SMILES string of the molecule is CCCCOC(=O)C1=C(C)NC(=O)N[C@@H]1c1cc(OC)c(Br)cc1OC. The van der Waals surface area contributed by atoms with Gasteiger partial charge >= 0.3 is 12.0 Å². The number of hydrogen-bond acceptors (Lipinski definition) is 5. The maximum atomic E-state index is 12.6. The van der Waals surface area contributed by atoms with Crippen LogP contribution in [0, 0.1) is 0 Å². The summed E-state index contributed by atoms with van der Waals surface area (Å²) >= 11 is 3.41. The molecule has 0 aliphatic carbocycles. The lowest BCUT2D eigenvalue weighted by molar-refractivity contribution is -0.139. The van der Waals surface area contributed by atoms with E-state index in [1.807, 2.05) is 6.92 Å². The molecule has 1 heterocycles. The van der Waals surface area contributed by atoms with Crippen LogP contribution in [-0.2, 0) is 9.53 Å². The number of allylic oxidation sites excluding steroid dienone is 1. The van der Waals surface area contributed by atoms with Gasteiger partial charge in [-0.1, -0.05) is 13.3 Å². The van der Waals surface area contributed by atoms with E-state index in [2.05, 4.69) is 26.6 Å². The van der Waals surface area contributed by atoms with Gasteiger partial charge in [0.15, 0.2) is 0 Å². The van der Waals surface area contributed by atoms with Gasteiger partial charge in [-0.3, -0.25) is 0 Å². The third-order valence-electron chi connectivity index (χ3n) is 4.04. The van der Waals surface area contributed by atoms with E-state index in [4.69, 9.17) is 14.2 Å². The van der Waals surface area contributed by atoms with Crippen molar-refractivity contribution in [1.29, 1.82) is 0 Å². The van der Waals surface area contributed by atoms with Crippen LogP contribution in [0.5, 0.6) is 11.5 Å². The number of amides is 2. The lowest BCUT2D eigenvalue weighted by Crippen LogP contribution is -2.45. The second-order valence-corrected chi connectivity index (χ2v) is 6.64. The largest absolute Gasteiger partial charge is 0.496 e. The number of esters is 1. The number of methoxy groups -OCH3 is 2. The first-order valence-electron chi connectivity index (χ1n) is 8.29. The van der Waals surface area contributed by atoms with Crippen molar-refractivity contribution in [3.63, 3.8) is 0 Å². The van der Waals surface area contributed by atoms with Gasteiger partial charge in [0, 0.05) is 11.3 Å². The Hall–Kier alpha value is -2.22. The zero-order valence-corrected chi connectivity index (χ0v) is 16.9. The van der Waals surface area contributed by atoms with Gasteiger partial charge in [-0.15, -0.1) is 0 Å². The number of nitrogens with one attached hydrogen (secondary N) is 2. The average molecular weight is 427 g/mol. The summed E-state index contributed by atoms with van der Waals surface area (Å²) in [4.78, 5) is 24.7. The number of benzene rings is 1. The van der Waals surface area contributed by atoms with E-state index in [1.165, 1.54) is 7.11 Å². The van der Waals surface area contributed by atoms with Crippen LogP contribution in [0.15, 0.2) is 27.9 Å². The number of hydrogen-bond donors (Lipinski definition) is 2. The molecule has 2 rings (SSSR count). The molecule has 0 bridgehead atoms. The fraction of sp³-hybridized carbons (Fsp3) is 0.444. The van der Waals surface area contributed by atoms with Gasteiger partial charge in [0.1, 0.15) is 11.5 Å². The minimum absolute atomic E-state index is 0.327. The van der Waals surface area contributed by atoms with Gasteiger partial charge < -0.3 is 24.8 Å². The summed E-state index contributed by atoms with van der Waals surface area (Å²) in [6.45, 7) is 4.01. The van der Waals surface area contributed by atoms with Gasteiger partial charge in [-0.25, -0.2) is 9.59 Å². The molecule has 0 aromatic heterocycles. The summed E-state index contributed by atoms with van der Waals surface area (Å²) in [6, 6.07) is 2.35. The minimum atomic E-state index is -0.713. The van der Waals surface area contributed by atoms with Gasteiger partial charge in [-0.05, 0) is 41.4 Å². The fourth-order valence-corrected chi connectivity index (χ4v) is 3.18. The number of urea groups is 1. The highest BCUT2D eigenvalue weighted by Gasteiger charge is 2.34. The molecule has 1 aromatic rings. The molecule has 26 heavy (non-hydrogen) atoms. The first-order chi connectivity index (χ1) is 12.4. The van der Waals surface area contributed by atoms with Crippen molar-refractivity contribution >= 4 is 27.9 Å². The molecule has 0 saturated carbocycles. The monoisotopic (exact) mass is 426 g/mol. The number of unbranched alkanes of at least 4 members (excludes halogenated alkanes) is 1. The first-order valence-corrected chi connectivity index (χ1v) is 9.09. The molecule has 7 nitrogen and oxygen atoms in total. The van der Waals surface area contributed by atoms with E-state index in [-0.39, 0.29) is 0 Å². The smallest absolute Gasteiger partial charge is 0.338 e.